The number of carbonyl (C=O) groups is 2. The number of rotatable bonds is 6. The summed E-state index contributed by atoms with van der Waals surface area (Å²) >= 11 is 6.07. The van der Waals surface area contributed by atoms with Gasteiger partial charge < -0.3 is 4.74 Å². The average molecular weight is 317 g/mol. The Morgan fingerprint density at radius 1 is 1.05 bits per heavy atom. The van der Waals surface area contributed by atoms with Gasteiger partial charge in [0.2, 0.25) is 0 Å². The fourth-order valence-corrected chi connectivity index (χ4v) is 2.45. The third kappa shape index (κ3) is 3.95. The van der Waals surface area contributed by atoms with Crippen LogP contribution < -0.4 is 0 Å². The van der Waals surface area contributed by atoms with Gasteiger partial charge in [-0.3, -0.25) is 9.59 Å². The molecule has 0 amide bonds. The topological polar surface area (TPSA) is 43.4 Å². The van der Waals surface area contributed by atoms with Gasteiger partial charge in [-0.15, -0.1) is 0 Å². The Hall–Kier alpha value is -2.13. The summed E-state index contributed by atoms with van der Waals surface area (Å²) in [6.45, 7) is 1.96. The molecule has 0 saturated heterocycles. The average Bonchev–Trinajstić information content (AvgIpc) is 2.53. The van der Waals surface area contributed by atoms with Gasteiger partial charge in [0.1, 0.15) is 5.92 Å². The fourth-order valence-electron chi connectivity index (χ4n) is 2.22. The van der Waals surface area contributed by atoms with E-state index in [1.807, 2.05) is 30.3 Å². The molecule has 0 saturated carbocycles. The summed E-state index contributed by atoms with van der Waals surface area (Å²) < 4.78 is 5.06. The first-order valence-electron chi connectivity index (χ1n) is 7.12. The van der Waals surface area contributed by atoms with Gasteiger partial charge in [0, 0.05) is 5.56 Å². The van der Waals surface area contributed by atoms with E-state index in [0.29, 0.717) is 17.0 Å². The summed E-state index contributed by atoms with van der Waals surface area (Å²) in [6, 6.07) is 16.1. The highest BCUT2D eigenvalue weighted by molar-refractivity contribution is 6.34. The molecule has 0 aliphatic carbocycles. The first-order valence-corrected chi connectivity index (χ1v) is 7.50. The third-order valence-electron chi connectivity index (χ3n) is 3.31. The smallest absolute Gasteiger partial charge is 0.317 e. The van der Waals surface area contributed by atoms with Crippen LogP contribution in [0, 0.1) is 5.92 Å². The fraction of sp³-hybridized carbons (Fsp3) is 0.222. The summed E-state index contributed by atoms with van der Waals surface area (Å²) in [5, 5.41) is 0.342. The van der Waals surface area contributed by atoms with Crippen molar-refractivity contribution in [3.05, 3.63) is 70.7 Å². The van der Waals surface area contributed by atoms with Crippen molar-refractivity contribution in [1.82, 2.24) is 0 Å². The highest BCUT2D eigenvalue weighted by Crippen LogP contribution is 2.22. The van der Waals surface area contributed by atoms with Gasteiger partial charge in [0.05, 0.1) is 11.6 Å². The molecule has 1 unspecified atom stereocenters. The van der Waals surface area contributed by atoms with Crippen LogP contribution in [0.15, 0.2) is 54.6 Å². The molecule has 0 radical (unpaired) electrons. The third-order valence-corrected chi connectivity index (χ3v) is 3.64. The second-order valence-corrected chi connectivity index (χ2v) is 5.25. The van der Waals surface area contributed by atoms with Crippen molar-refractivity contribution in [2.45, 2.75) is 13.3 Å². The molecule has 4 heteroatoms. The number of ketones is 1. The molecule has 114 valence electrons. The lowest BCUT2D eigenvalue weighted by molar-refractivity contribution is -0.146. The lowest BCUT2D eigenvalue weighted by Crippen LogP contribution is -2.28. The van der Waals surface area contributed by atoms with E-state index in [-0.39, 0.29) is 12.4 Å². The minimum absolute atomic E-state index is 0.236. The molecule has 0 fully saturated rings. The molecular formula is C18H17ClO3. The monoisotopic (exact) mass is 316 g/mol. The van der Waals surface area contributed by atoms with Gasteiger partial charge in [-0.25, -0.2) is 0 Å². The number of ether oxygens (including phenoxy) is 1. The molecule has 3 nitrogen and oxygen atoms in total. The number of esters is 1. The molecule has 0 bridgehead atoms. The van der Waals surface area contributed by atoms with Gasteiger partial charge in [-0.1, -0.05) is 54.1 Å². The van der Waals surface area contributed by atoms with Crippen LogP contribution in [0.1, 0.15) is 22.8 Å². The zero-order valence-corrected chi connectivity index (χ0v) is 13.0. The molecule has 0 aliphatic heterocycles. The van der Waals surface area contributed by atoms with E-state index in [2.05, 4.69) is 0 Å². The number of hydrogen-bond acceptors (Lipinski definition) is 3. The molecule has 2 rings (SSSR count). The van der Waals surface area contributed by atoms with Gasteiger partial charge in [-0.05, 0) is 31.0 Å². The highest BCUT2D eigenvalue weighted by Gasteiger charge is 2.30. The van der Waals surface area contributed by atoms with Gasteiger partial charge in [0.15, 0.2) is 5.78 Å². The van der Waals surface area contributed by atoms with E-state index in [0.717, 1.165) is 5.56 Å². The number of benzene rings is 2. The van der Waals surface area contributed by atoms with Crippen LogP contribution in [-0.4, -0.2) is 18.4 Å². The van der Waals surface area contributed by atoms with Gasteiger partial charge in [0.25, 0.3) is 0 Å². The molecular weight excluding hydrogens is 300 g/mol. The summed E-state index contributed by atoms with van der Waals surface area (Å²) in [7, 11) is 0. The van der Waals surface area contributed by atoms with Gasteiger partial charge >= 0.3 is 5.97 Å². The Bertz CT molecular complexity index is 652. The lowest BCUT2D eigenvalue weighted by Gasteiger charge is -2.15. The van der Waals surface area contributed by atoms with E-state index in [1.54, 1.807) is 31.2 Å². The second kappa shape index (κ2) is 7.76. The van der Waals surface area contributed by atoms with Crippen molar-refractivity contribution in [3.63, 3.8) is 0 Å². The molecule has 2 aromatic rings. The standard InChI is InChI=1S/C18H17ClO3/c1-2-22-18(21)15(12-13-8-4-3-5-9-13)17(20)14-10-6-7-11-16(14)19/h3-11,15H,2,12H2,1H3. The zero-order chi connectivity index (χ0) is 15.9. The van der Waals surface area contributed by atoms with E-state index in [1.165, 1.54) is 0 Å². The van der Waals surface area contributed by atoms with Crippen LogP contribution in [0.3, 0.4) is 0 Å². The predicted molar refractivity (Wildman–Crippen MR) is 86.1 cm³/mol. The van der Waals surface area contributed by atoms with Crippen molar-refractivity contribution < 1.29 is 14.3 Å². The van der Waals surface area contributed by atoms with Crippen LogP contribution >= 0.6 is 11.6 Å². The molecule has 1 atom stereocenters. The second-order valence-electron chi connectivity index (χ2n) is 4.84. The molecule has 2 aromatic carbocycles. The Morgan fingerprint density at radius 2 is 1.68 bits per heavy atom. The van der Waals surface area contributed by atoms with Crippen LogP contribution in [0.4, 0.5) is 0 Å². The summed E-state index contributed by atoms with van der Waals surface area (Å²) in [6.07, 6.45) is 0.295. The van der Waals surface area contributed by atoms with Crippen molar-refractivity contribution in [2.24, 2.45) is 5.92 Å². The zero-order valence-electron chi connectivity index (χ0n) is 12.3. The minimum Gasteiger partial charge on any atom is -0.465 e. The minimum atomic E-state index is -0.887. The van der Waals surface area contributed by atoms with Crippen LogP contribution in [-0.2, 0) is 16.0 Å². The first kappa shape index (κ1) is 16.2. The predicted octanol–water partition coefficient (Wildman–Crippen LogP) is 3.94. The number of Topliss-reactive ketones (excluding diaryl/α,β-unsaturated/α-hetero) is 1. The van der Waals surface area contributed by atoms with Crippen molar-refractivity contribution in [2.75, 3.05) is 6.61 Å². The summed E-state index contributed by atoms with van der Waals surface area (Å²) in [4.78, 5) is 24.9. The Labute approximate surface area is 134 Å². The number of carbonyl (C=O) groups excluding carboxylic acids is 2. The van der Waals surface area contributed by atoms with E-state index < -0.39 is 11.9 Å². The number of halogens is 1. The van der Waals surface area contributed by atoms with Gasteiger partial charge in [-0.2, -0.15) is 0 Å². The van der Waals surface area contributed by atoms with Crippen molar-refractivity contribution in [1.29, 1.82) is 0 Å². The SMILES string of the molecule is CCOC(=O)C(Cc1ccccc1)C(=O)c1ccccc1Cl. The quantitative estimate of drug-likeness (QED) is 0.460. The van der Waals surface area contributed by atoms with E-state index in [4.69, 9.17) is 16.3 Å². The molecule has 22 heavy (non-hydrogen) atoms. The van der Waals surface area contributed by atoms with Crippen LogP contribution in [0.2, 0.25) is 5.02 Å². The molecule has 0 aliphatic rings. The maximum atomic E-state index is 12.7. The maximum absolute atomic E-state index is 12.7. The van der Waals surface area contributed by atoms with Crippen LogP contribution in [0.25, 0.3) is 0 Å². The number of hydrogen-bond donors (Lipinski definition) is 0. The largest absolute Gasteiger partial charge is 0.465 e. The molecule has 0 aromatic heterocycles. The Morgan fingerprint density at radius 3 is 2.32 bits per heavy atom. The summed E-state index contributed by atoms with van der Waals surface area (Å²) in [5.41, 5.74) is 1.25. The van der Waals surface area contributed by atoms with E-state index in [9.17, 15) is 9.59 Å². The van der Waals surface area contributed by atoms with Crippen molar-refractivity contribution >= 4 is 23.4 Å². The van der Waals surface area contributed by atoms with Crippen molar-refractivity contribution in [3.8, 4) is 0 Å². The molecule has 0 spiro atoms. The molecule has 0 heterocycles. The molecule has 0 N–H and O–H groups in total. The Balaban J connectivity index is 2.30. The first-order chi connectivity index (χ1) is 10.6. The Kier molecular flexibility index (Phi) is 5.73. The normalized spacial score (nSPS) is 11.7. The lowest BCUT2D eigenvalue weighted by atomic mass is 9.91. The maximum Gasteiger partial charge on any atom is 0.317 e. The van der Waals surface area contributed by atoms with Crippen LogP contribution in [0.5, 0.6) is 0 Å². The van der Waals surface area contributed by atoms with E-state index >= 15 is 0 Å². The summed E-state index contributed by atoms with van der Waals surface area (Å²) in [5.74, 6) is -1.72. The highest BCUT2D eigenvalue weighted by atomic mass is 35.5.